The van der Waals surface area contributed by atoms with Gasteiger partial charge in [0, 0.05) is 20.6 Å². The minimum atomic E-state index is -0.707. The van der Waals surface area contributed by atoms with Gasteiger partial charge in [0.25, 0.3) is 5.56 Å². The summed E-state index contributed by atoms with van der Waals surface area (Å²) in [5, 5.41) is 7.94. The largest absolute Gasteiger partial charge is 0.384 e. The van der Waals surface area contributed by atoms with Crippen molar-refractivity contribution in [3.63, 3.8) is 0 Å². The third kappa shape index (κ3) is 3.29. The van der Waals surface area contributed by atoms with Crippen LogP contribution < -0.4 is 17.0 Å². The molecule has 9 nitrogen and oxygen atoms in total. The van der Waals surface area contributed by atoms with Gasteiger partial charge in [-0.2, -0.15) is 0 Å². The molecule has 2 N–H and O–H groups in total. The number of allylic oxidation sites excluding steroid dienone is 1. The number of Topliss-reactive ketones (excluding diaryl/α,β-unsaturated/α-hetero) is 1. The van der Waals surface area contributed by atoms with Crippen LogP contribution in [0.15, 0.2) is 27.4 Å². The number of carbonyl (C=O) groups excluding carboxylic acids is 1. The maximum Gasteiger partial charge on any atom is 0.332 e. The van der Waals surface area contributed by atoms with Crippen LogP contribution in [0.4, 0.5) is 5.82 Å². The molecular formula is C15H20N6O3S. The van der Waals surface area contributed by atoms with Crippen LogP contribution >= 0.6 is 11.8 Å². The molecule has 2 rings (SSSR count). The number of carbonyl (C=O) groups is 1. The average Bonchev–Trinajstić information content (AvgIpc) is 2.92. The highest BCUT2D eigenvalue weighted by atomic mass is 32.2. The van der Waals surface area contributed by atoms with E-state index in [9.17, 15) is 14.4 Å². The first kappa shape index (κ1) is 18.7. The highest BCUT2D eigenvalue weighted by molar-refractivity contribution is 8.00. The summed E-state index contributed by atoms with van der Waals surface area (Å²) in [4.78, 5) is 37.0. The van der Waals surface area contributed by atoms with Crippen molar-refractivity contribution in [2.45, 2.75) is 30.8 Å². The van der Waals surface area contributed by atoms with Crippen LogP contribution in [0.1, 0.15) is 23.1 Å². The van der Waals surface area contributed by atoms with Gasteiger partial charge in [-0.05, 0) is 13.8 Å². The smallest absolute Gasteiger partial charge is 0.332 e. The summed E-state index contributed by atoms with van der Waals surface area (Å²) in [6.07, 6.45) is 1.70. The molecule has 1 atom stereocenters. The van der Waals surface area contributed by atoms with E-state index in [1.807, 2.05) is 4.57 Å². The number of nitrogen functional groups attached to an aromatic ring is 1. The van der Waals surface area contributed by atoms with E-state index in [4.69, 9.17) is 5.73 Å². The SMILES string of the molecule is C=CCn1c(C)nnc1SC(C)C(=O)c1c(N)n(C)c(=O)n(C)c1=O. The summed E-state index contributed by atoms with van der Waals surface area (Å²) in [6, 6.07) is 0. The van der Waals surface area contributed by atoms with Crippen molar-refractivity contribution in [2.24, 2.45) is 14.1 Å². The number of anilines is 1. The van der Waals surface area contributed by atoms with Gasteiger partial charge in [0.1, 0.15) is 17.2 Å². The third-order valence-electron chi connectivity index (χ3n) is 3.82. The number of aryl methyl sites for hydroxylation is 1. The predicted octanol–water partition coefficient (Wildman–Crippen LogP) is 0.116. The molecule has 0 saturated carbocycles. The van der Waals surface area contributed by atoms with E-state index < -0.39 is 22.3 Å². The molecule has 2 heterocycles. The predicted molar refractivity (Wildman–Crippen MR) is 95.9 cm³/mol. The summed E-state index contributed by atoms with van der Waals surface area (Å²) in [6.45, 7) is 7.64. The molecule has 0 aliphatic heterocycles. The molecular weight excluding hydrogens is 344 g/mol. The maximum atomic E-state index is 12.8. The zero-order valence-electron chi connectivity index (χ0n) is 14.5. The molecule has 0 fully saturated rings. The normalized spacial score (nSPS) is 12.2. The van der Waals surface area contributed by atoms with Crippen LogP contribution in [-0.4, -0.2) is 34.9 Å². The van der Waals surface area contributed by atoms with Gasteiger partial charge in [0.05, 0.1) is 5.25 Å². The van der Waals surface area contributed by atoms with Gasteiger partial charge in [-0.3, -0.25) is 18.7 Å². The molecule has 10 heteroatoms. The van der Waals surface area contributed by atoms with Gasteiger partial charge in [0.2, 0.25) is 0 Å². The summed E-state index contributed by atoms with van der Waals surface area (Å²) < 4.78 is 3.76. The monoisotopic (exact) mass is 364 g/mol. The Bertz CT molecular complexity index is 955. The fourth-order valence-corrected chi connectivity index (χ4v) is 3.26. The number of aromatic nitrogens is 5. The van der Waals surface area contributed by atoms with E-state index in [-0.39, 0.29) is 11.4 Å². The molecule has 2 aromatic rings. The Morgan fingerprint density at radius 3 is 2.56 bits per heavy atom. The van der Waals surface area contributed by atoms with E-state index in [0.717, 1.165) is 9.13 Å². The first-order valence-corrected chi connectivity index (χ1v) is 8.35. The van der Waals surface area contributed by atoms with Crippen molar-refractivity contribution in [2.75, 3.05) is 5.73 Å². The average molecular weight is 364 g/mol. The minimum absolute atomic E-state index is 0.144. The number of nitrogens with zero attached hydrogens (tertiary/aromatic N) is 5. The number of ketones is 1. The Hall–Kier alpha value is -2.62. The number of hydrogen-bond donors (Lipinski definition) is 1. The van der Waals surface area contributed by atoms with Crippen molar-refractivity contribution in [3.05, 3.63) is 44.9 Å². The van der Waals surface area contributed by atoms with Crippen molar-refractivity contribution in [3.8, 4) is 0 Å². The molecule has 0 spiro atoms. The van der Waals surface area contributed by atoms with E-state index in [2.05, 4.69) is 16.8 Å². The molecule has 1 unspecified atom stereocenters. The van der Waals surface area contributed by atoms with Gasteiger partial charge in [-0.25, -0.2) is 4.79 Å². The molecule has 134 valence electrons. The number of hydrogen-bond acceptors (Lipinski definition) is 7. The van der Waals surface area contributed by atoms with Crippen LogP contribution in [0.5, 0.6) is 0 Å². The molecule has 0 radical (unpaired) electrons. The molecule has 25 heavy (non-hydrogen) atoms. The van der Waals surface area contributed by atoms with Crippen LogP contribution in [0, 0.1) is 6.92 Å². The highest BCUT2D eigenvalue weighted by Crippen LogP contribution is 2.25. The fourth-order valence-electron chi connectivity index (χ4n) is 2.29. The number of rotatable bonds is 6. The van der Waals surface area contributed by atoms with Gasteiger partial charge in [-0.15, -0.1) is 16.8 Å². The second-order valence-electron chi connectivity index (χ2n) is 5.52. The standard InChI is InChI=1S/C15H20N6O3S/c1-6-7-21-9(3)17-18-14(21)25-8(2)11(22)10-12(16)19(4)15(24)20(5)13(10)23/h6,8H,1,7,16H2,2-5H3. The second kappa shape index (κ2) is 7.09. The van der Waals surface area contributed by atoms with Crippen molar-refractivity contribution >= 4 is 23.4 Å². The first-order valence-electron chi connectivity index (χ1n) is 7.47. The van der Waals surface area contributed by atoms with Gasteiger partial charge < -0.3 is 10.3 Å². The number of nitrogens with two attached hydrogens (primary N) is 1. The van der Waals surface area contributed by atoms with E-state index in [1.165, 1.54) is 25.9 Å². The summed E-state index contributed by atoms with van der Waals surface area (Å²) in [5.41, 5.74) is 4.35. The Labute approximate surface area is 148 Å². The van der Waals surface area contributed by atoms with Crippen LogP contribution in [0.2, 0.25) is 0 Å². The van der Waals surface area contributed by atoms with Crippen LogP contribution in [0.25, 0.3) is 0 Å². The van der Waals surface area contributed by atoms with E-state index in [0.29, 0.717) is 17.5 Å². The van der Waals surface area contributed by atoms with Crippen molar-refractivity contribution in [1.29, 1.82) is 0 Å². The molecule has 2 aromatic heterocycles. The summed E-state index contributed by atoms with van der Waals surface area (Å²) >= 11 is 1.17. The lowest BCUT2D eigenvalue weighted by Crippen LogP contribution is -2.42. The van der Waals surface area contributed by atoms with Gasteiger partial charge >= 0.3 is 5.69 Å². The lowest BCUT2D eigenvalue weighted by Gasteiger charge is -2.14. The zero-order chi connectivity index (χ0) is 18.9. The molecule has 0 aliphatic carbocycles. The lowest BCUT2D eigenvalue weighted by atomic mass is 10.1. The van der Waals surface area contributed by atoms with Crippen LogP contribution in [-0.2, 0) is 20.6 Å². The summed E-state index contributed by atoms with van der Waals surface area (Å²) in [7, 11) is 2.72. The van der Waals surface area contributed by atoms with Crippen molar-refractivity contribution in [1.82, 2.24) is 23.9 Å². The Kier molecular flexibility index (Phi) is 5.31. The fraction of sp³-hybridized carbons (Fsp3) is 0.400. The van der Waals surface area contributed by atoms with E-state index >= 15 is 0 Å². The molecule has 0 aromatic carbocycles. The molecule has 0 bridgehead atoms. The van der Waals surface area contributed by atoms with Crippen LogP contribution in [0.3, 0.4) is 0 Å². The number of thioether (sulfide) groups is 1. The Morgan fingerprint density at radius 1 is 1.32 bits per heavy atom. The van der Waals surface area contributed by atoms with Gasteiger partial charge in [0.15, 0.2) is 10.9 Å². The van der Waals surface area contributed by atoms with Crippen molar-refractivity contribution < 1.29 is 4.79 Å². The minimum Gasteiger partial charge on any atom is -0.384 e. The topological polar surface area (TPSA) is 118 Å². The van der Waals surface area contributed by atoms with Gasteiger partial charge in [-0.1, -0.05) is 17.8 Å². The zero-order valence-corrected chi connectivity index (χ0v) is 15.3. The second-order valence-corrected chi connectivity index (χ2v) is 6.83. The maximum absolute atomic E-state index is 12.8. The van der Waals surface area contributed by atoms with E-state index in [1.54, 1.807) is 19.9 Å². The Morgan fingerprint density at radius 2 is 1.96 bits per heavy atom. The molecule has 0 aliphatic rings. The lowest BCUT2D eigenvalue weighted by molar-refractivity contribution is 0.0992. The molecule has 0 amide bonds. The first-order chi connectivity index (χ1) is 11.7. The summed E-state index contributed by atoms with van der Waals surface area (Å²) in [5.74, 6) is 0.0818. The quantitative estimate of drug-likeness (QED) is 0.439. The highest BCUT2D eigenvalue weighted by Gasteiger charge is 2.26. The third-order valence-corrected chi connectivity index (χ3v) is 4.90. The molecule has 0 saturated heterocycles. The Balaban J connectivity index is 2.41.